The number of hydrogen-bond acceptors (Lipinski definition) is 5. The first-order valence-corrected chi connectivity index (χ1v) is 9.78. The molecule has 1 amide bonds. The van der Waals surface area contributed by atoms with Crippen LogP contribution in [-0.4, -0.2) is 39.2 Å². The minimum atomic E-state index is -0.306. The van der Waals surface area contributed by atoms with Crippen molar-refractivity contribution in [3.05, 3.63) is 53.2 Å². The van der Waals surface area contributed by atoms with Crippen molar-refractivity contribution in [1.82, 2.24) is 20.2 Å². The second-order valence-electron chi connectivity index (χ2n) is 6.75. The number of aromatic amines is 1. The van der Waals surface area contributed by atoms with E-state index in [0.717, 1.165) is 24.5 Å². The smallest absolute Gasteiger partial charge is 0.259 e. The molecule has 0 radical (unpaired) electrons. The fraction of sp³-hybridized carbons (Fsp3) is 0.300. The predicted molar refractivity (Wildman–Crippen MR) is 110 cm³/mol. The summed E-state index contributed by atoms with van der Waals surface area (Å²) in [5.74, 6) is 1.30. The van der Waals surface area contributed by atoms with Crippen LogP contribution in [0, 0.1) is 0 Å². The Morgan fingerprint density at radius 3 is 2.57 bits per heavy atom. The van der Waals surface area contributed by atoms with Gasteiger partial charge in [0.05, 0.1) is 10.6 Å². The number of amides is 1. The first-order valence-electron chi connectivity index (χ1n) is 9.40. The molecule has 2 N–H and O–H groups in total. The summed E-state index contributed by atoms with van der Waals surface area (Å²) in [6.45, 7) is 2.03. The Morgan fingerprint density at radius 2 is 1.86 bits per heavy atom. The standard InChI is InChI=1S/C20H21ClN6O/c21-16-8-4-3-7-15(16)18-23-20(26-25-18)24-19(28)14-9-10-17(22-13-14)27-11-5-1-2-6-12-27/h3-4,7-10,13H,1-2,5-6,11-12H2,(H2,23,24,25,26,28). The number of halogens is 1. The highest BCUT2D eigenvalue weighted by Crippen LogP contribution is 2.25. The fourth-order valence-electron chi connectivity index (χ4n) is 3.27. The van der Waals surface area contributed by atoms with Gasteiger partial charge in [-0.2, -0.15) is 4.98 Å². The second kappa shape index (κ2) is 8.39. The third-order valence-corrected chi connectivity index (χ3v) is 5.11. The maximum Gasteiger partial charge on any atom is 0.259 e. The van der Waals surface area contributed by atoms with E-state index in [4.69, 9.17) is 11.6 Å². The van der Waals surface area contributed by atoms with E-state index in [9.17, 15) is 4.79 Å². The maximum atomic E-state index is 12.5. The lowest BCUT2D eigenvalue weighted by Gasteiger charge is -2.21. The third-order valence-electron chi connectivity index (χ3n) is 4.78. The Kier molecular flexibility index (Phi) is 5.53. The first-order chi connectivity index (χ1) is 13.7. The van der Waals surface area contributed by atoms with Crippen molar-refractivity contribution in [1.29, 1.82) is 0 Å². The van der Waals surface area contributed by atoms with Gasteiger partial charge in [-0.15, -0.1) is 5.10 Å². The molecule has 7 nitrogen and oxygen atoms in total. The van der Waals surface area contributed by atoms with Gasteiger partial charge in [0.1, 0.15) is 5.82 Å². The molecule has 3 heterocycles. The lowest BCUT2D eigenvalue weighted by atomic mass is 10.2. The van der Waals surface area contributed by atoms with Crippen molar-refractivity contribution >= 4 is 29.3 Å². The molecule has 3 aromatic rings. The van der Waals surface area contributed by atoms with Gasteiger partial charge in [0.15, 0.2) is 5.82 Å². The highest BCUT2D eigenvalue weighted by atomic mass is 35.5. The summed E-state index contributed by atoms with van der Waals surface area (Å²) in [5.41, 5.74) is 1.18. The topological polar surface area (TPSA) is 86.8 Å². The summed E-state index contributed by atoms with van der Waals surface area (Å²) >= 11 is 6.17. The van der Waals surface area contributed by atoms with Gasteiger partial charge in [-0.25, -0.2) is 4.98 Å². The molecule has 1 aliphatic rings. The molecular weight excluding hydrogens is 376 g/mol. The Morgan fingerprint density at radius 1 is 1.07 bits per heavy atom. The molecule has 0 bridgehead atoms. The van der Waals surface area contributed by atoms with Crippen molar-refractivity contribution in [2.45, 2.75) is 25.7 Å². The number of pyridine rings is 1. The van der Waals surface area contributed by atoms with Crippen LogP contribution in [0.1, 0.15) is 36.0 Å². The van der Waals surface area contributed by atoms with Crippen molar-refractivity contribution in [3.63, 3.8) is 0 Å². The zero-order valence-electron chi connectivity index (χ0n) is 15.4. The summed E-state index contributed by atoms with van der Waals surface area (Å²) < 4.78 is 0. The van der Waals surface area contributed by atoms with Gasteiger partial charge in [0, 0.05) is 24.8 Å². The summed E-state index contributed by atoms with van der Waals surface area (Å²) in [6, 6.07) is 11.0. The number of carbonyl (C=O) groups is 1. The van der Waals surface area contributed by atoms with Crippen LogP contribution in [0.15, 0.2) is 42.6 Å². The van der Waals surface area contributed by atoms with Gasteiger partial charge in [0.2, 0.25) is 5.95 Å². The Bertz CT molecular complexity index is 947. The van der Waals surface area contributed by atoms with Crippen LogP contribution in [0.5, 0.6) is 0 Å². The molecule has 4 rings (SSSR count). The van der Waals surface area contributed by atoms with E-state index in [2.05, 4.69) is 30.4 Å². The van der Waals surface area contributed by atoms with Gasteiger partial charge in [-0.05, 0) is 37.1 Å². The number of aromatic nitrogens is 4. The highest BCUT2D eigenvalue weighted by molar-refractivity contribution is 6.33. The molecule has 1 aliphatic heterocycles. The van der Waals surface area contributed by atoms with Gasteiger partial charge in [-0.1, -0.05) is 36.6 Å². The largest absolute Gasteiger partial charge is 0.357 e. The van der Waals surface area contributed by atoms with Crippen LogP contribution in [0.4, 0.5) is 11.8 Å². The Balaban J connectivity index is 1.43. The van der Waals surface area contributed by atoms with E-state index in [1.807, 2.05) is 24.3 Å². The zero-order chi connectivity index (χ0) is 19.3. The zero-order valence-corrected chi connectivity index (χ0v) is 16.1. The molecule has 8 heteroatoms. The third kappa shape index (κ3) is 4.14. The molecule has 0 unspecified atom stereocenters. The molecular formula is C20H21ClN6O. The van der Waals surface area contributed by atoms with E-state index >= 15 is 0 Å². The monoisotopic (exact) mass is 396 g/mol. The number of H-pyrrole nitrogens is 1. The number of benzene rings is 1. The predicted octanol–water partition coefficient (Wildman–Crippen LogP) is 4.15. The van der Waals surface area contributed by atoms with Crippen LogP contribution < -0.4 is 10.2 Å². The number of nitrogens with one attached hydrogen (secondary N) is 2. The summed E-state index contributed by atoms with van der Waals surface area (Å²) in [6.07, 6.45) is 6.50. The van der Waals surface area contributed by atoms with E-state index in [1.54, 1.807) is 18.3 Å². The minimum absolute atomic E-state index is 0.191. The van der Waals surface area contributed by atoms with Crippen molar-refractivity contribution in [2.75, 3.05) is 23.3 Å². The molecule has 1 saturated heterocycles. The lowest BCUT2D eigenvalue weighted by Crippen LogP contribution is -2.25. The van der Waals surface area contributed by atoms with Crippen molar-refractivity contribution in [2.24, 2.45) is 0 Å². The van der Waals surface area contributed by atoms with Crippen LogP contribution in [0.3, 0.4) is 0 Å². The average molecular weight is 397 g/mol. The molecule has 144 valence electrons. The normalized spacial score (nSPS) is 14.5. The minimum Gasteiger partial charge on any atom is -0.357 e. The van der Waals surface area contributed by atoms with Crippen LogP contribution in [0.25, 0.3) is 11.4 Å². The first kappa shape index (κ1) is 18.4. The van der Waals surface area contributed by atoms with Crippen LogP contribution in [-0.2, 0) is 0 Å². The fourth-order valence-corrected chi connectivity index (χ4v) is 3.50. The number of rotatable bonds is 4. The average Bonchev–Trinajstić information content (AvgIpc) is 3.00. The summed E-state index contributed by atoms with van der Waals surface area (Å²) in [4.78, 5) is 23.5. The molecule has 1 fully saturated rings. The highest BCUT2D eigenvalue weighted by Gasteiger charge is 2.15. The van der Waals surface area contributed by atoms with Crippen LogP contribution in [0.2, 0.25) is 5.02 Å². The molecule has 1 aromatic carbocycles. The van der Waals surface area contributed by atoms with Gasteiger partial charge in [-0.3, -0.25) is 15.2 Å². The van der Waals surface area contributed by atoms with Crippen molar-refractivity contribution in [3.8, 4) is 11.4 Å². The molecule has 0 atom stereocenters. The molecule has 0 saturated carbocycles. The van der Waals surface area contributed by atoms with Gasteiger partial charge >= 0.3 is 0 Å². The maximum absolute atomic E-state index is 12.5. The number of carbonyl (C=O) groups excluding carboxylic acids is 1. The molecule has 2 aromatic heterocycles. The second-order valence-corrected chi connectivity index (χ2v) is 7.16. The van der Waals surface area contributed by atoms with Gasteiger partial charge in [0.25, 0.3) is 5.91 Å². The number of nitrogens with zero attached hydrogens (tertiary/aromatic N) is 4. The SMILES string of the molecule is O=C(Nc1n[nH]c(-c2ccccc2Cl)n1)c1ccc(N2CCCCCC2)nc1. The number of anilines is 2. The van der Waals surface area contributed by atoms with E-state index in [0.29, 0.717) is 16.4 Å². The molecule has 0 spiro atoms. The van der Waals surface area contributed by atoms with Crippen LogP contribution >= 0.6 is 11.6 Å². The Hall–Kier alpha value is -2.93. The molecule has 28 heavy (non-hydrogen) atoms. The van der Waals surface area contributed by atoms with E-state index in [-0.39, 0.29) is 11.9 Å². The summed E-state index contributed by atoms with van der Waals surface area (Å²) in [7, 11) is 0. The molecule has 0 aliphatic carbocycles. The lowest BCUT2D eigenvalue weighted by molar-refractivity contribution is 0.102. The van der Waals surface area contributed by atoms with Gasteiger partial charge < -0.3 is 4.90 Å². The van der Waals surface area contributed by atoms with Crippen molar-refractivity contribution < 1.29 is 4.79 Å². The summed E-state index contributed by atoms with van der Waals surface area (Å²) in [5, 5.41) is 10.1. The number of hydrogen-bond donors (Lipinski definition) is 2. The Labute approximate surface area is 168 Å². The van der Waals surface area contributed by atoms with E-state index in [1.165, 1.54) is 25.7 Å². The van der Waals surface area contributed by atoms with E-state index < -0.39 is 0 Å². The quantitative estimate of drug-likeness (QED) is 0.691.